The van der Waals surface area contributed by atoms with Crippen LogP contribution in [0.5, 0.6) is 11.5 Å². The minimum Gasteiger partial charge on any atom is -0.497 e. The van der Waals surface area contributed by atoms with Gasteiger partial charge in [0.15, 0.2) is 11.7 Å². The molecule has 4 rings (SSSR count). The molecule has 2 N–H and O–H groups in total. The second-order valence-corrected chi connectivity index (χ2v) is 8.06. The Bertz CT molecular complexity index is 1070. The molecule has 8 heteroatoms. The summed E-state index contributed by atoms with van der Waals surface area (Å²) in [6, 6.07) is 14.4. The molecule has 1 unspecified atom stereocenters. The van der Waals surface area contributed by atoms with Crippen molar-refractivity contribution in [2.75, 3.05) is 39.3 Å². The largest absolute Gasteiger partial charge is 0.497 e. The predicted octanol–water partition coefficient (Wildman–Crippen LogP) is 3.61. The first kappa shape index (κ1) is 22.5. The van der Waals surface area contributed by atoms with E-state index >= 15 is 0 Å². The summed E-state index contributed by atoms with van der Waals surface area (Å²) in [6.07, 6.45) is 2.76. The minimum absolute atomic E-state index is 0.265. The molecule has 1 aliphatic rings. The van der Waals surface area contributed by atoms with Crippen LogP contribution in [0.15, 0.2) is 58.1 Å². The normalized spacial score (nSPS) is 16.1. The molecule has 1 aliphatic heterocycles. The molecule has 0 spiro atoms. The molecule has 174 valence electrons. The highest BCUT2D eigenvalue weighted by Gasteiger charge is 2.24. The second kappa shape index (κ2) is 10.3. The standard InChI is InChI=1S/C25H31N5O3/c1-17-5-7-18(8-6-17)23-14-27-24(33-23)15-28-25(26-2)29-19-9-10-30(16-19)20-11-21(31-3)13-22(12-20)32-4/h5-8,11-14,19H,9-10,15-16H2,1-4H3,(H2,26,28,29). The number of benzene rings is 2. The molecule has 1 fully saturated rings. The molecule has 8 nitrogen and oxygen atoms in total. The number of rotatable bonds is 7. The zero-order valence-corrected chi connectivity index (χ0v) is 19.6. The van der Waals surface area contributed by atoms with Crippen LogP contribution in [0, 0.1) is 6.92 Å². The van der Waals surface area contributed by atoms with E-state index in [1.54, 1.807) is 27.5 Å². The van der Waals surface area contributed by atoms with E-state index in [1.165, 1.54) is 5.56 Å². The molecule has 1 saturated heterocycles. The van der Waals surface area contributed by atoms with Gasteiger partial charge < -0.3 is 29.4 Å². The fraction of sp³-hybridized carbons (Fsp3) is 0.360. The first-order valence-corrected chi connectivity index (χ1v) is 11.0. The number of aliphatic imine (C=N–C) groups is 1. The number of aromatic nitrogens is 1. The quantitative estimate of drug-likeness (QED) is 0.421. The van der Waals surface area contributed by atoms with Crippen molar-refractivity contribution >= 4 is 11.6 Å². The SMILES string of the molecule is CN=C(NCc1ncc(-c2ccc(C)cc2)o1)NC1CCN(c2cc(OC)cc(OC)c2)C1. The van der Waals surface area contributed by atoms with Crippen molar-refractivity contribution in [3.8, 4) is 22.8 Å². The third kappa shape index (κ3) is 5.58. The van der Waals surface area contributed by atoms with Crippen LogP contribution in [-0.2, 0) is 6.54 Å². The molecule has 0 aliphatic carbocycles. The number of hydrogen-bond acceptors (Lipinski definition) is 6. The van der Waals surface area contributed by atoms with Crippen molar-refractivity contribution < 1.29 is 13.9 Å². The molecule has 0 radical (unpaired) electrons. The van der Waals surface area contributed by atoms with Crippen LogP contribution < -0.4 is 25.0 Å². The van der Waals surface area contributed by atoms with Crippen molar-refractivity contribution in [1.82, 2.24) is 15.6 Å². The second-order valence-electron chi connectivity index (χ2n) is 8.06. The van der Waals surface area contributed by atoms with Gasteiger partial charge in [-0.3, -0.25) is 4.99 Å². The third-order valence-corrected chi connectivity index (χ3v) is 5.75. The van der Waals surface area contributed by atoms with E-state index in [1.807, 2.05) is 30.3 Å². The number of oxazole rings is 1. The van der Waals surface area contributed by atoms with Gasteiger partial charge in [0.1, 0.15) is 11.5 Å². The van der Waals surface area contributed by atoms with Gasteiger partial charge in [0.05, 0.1) is 27.0 Å². The maximum absolute atomic E-state index is 5.90. The molecule has 1 aromatic heterocycles. The Morgan fingerprint density at radius 2 is 1.88 bits per heavy atom. The third-order valence-electron chi connectivity index (χ3n) is 5.75. The van der Waals surface area contributed by atoms with Gasteiger partial charge in [0.25, 0.3) is 0 Å². The van der Waals surface area contributed by atoms with Gasteiger partial charge in [-0.05, 0) is 13.3 Å². The topological polar surface area (TPSA) is 84.2 Å². The van der Waals surface area contributed by atoms with Crippen LogP contribution in [0.4, 0.5) is 5.69 Å². The minimum atomic E-state index is 0.265. The molecule has 33 heavy (non-hydrogen) atoms. The van der Waals surface area contributed by atoms with E-state index < -0.39 is 0 Å². The van der Waals surface area contributed by atoms with Gasteiger partial charge in [-0.15, -0.1) is 0 Å². The molecule has 3 aromatic rings. The number of guanidine groups is 1. The summed E-state index contributed by atoms with van der Waals surface area (Å²) in [4.78, 5) is 11.1. The molecule has 0 bridgehead atoms. The predicted molar refractivity (Wildman–Crippen MR) is 130 cm³/mol. The molecule has 1 atom stereocenters. The Hall–Kier alpha value is -3.68. The lowest BCUT2D eigenvalue weighted by atomic mass is 10.1. The molecule has 2 aromatic carbocycles. The van der Waals surface area contributed by atoms with Crippen LogP contribution in [-0.4, -0.2) is 51.3 Å². The van der Waals surface area contributed by atoms with Crippen LogP contribution in [0.1, 0.15) is 17.9 Å². The first-order valence-electron chi connectivity index (χ1n) is 11.0. The molecule has 0 amide bonds. The lowest BCUT2D eigenvalue weighted by Gasteiger charge is -2.21. The zero-order chi connectivity index (χ0) is 23.2. The van der Waals surface area contributed by atoms with Gasteiger partial charge in [-0.1, -0.05) is 29.8 Å². The van der Waals surface area contributed by atoms with E-state index in [9.17, 15) is 0 Å². The van der Waals surface area contributed by atoms with E-state index in [4.69, 9.17) is 13.9 Å². The number of ether oxygens (including phenoxy) is 2. The Kier molecular flexibility index (Phi) is 7.02. The Morgan fingerprint density at radius 3 is 2.55 bits per heavy atom. The highest BCUT2D eigenvalue weighted by molar-refractivity contribution is 5.80. The van der Waals surface area contributed by atoms with E-state index in [-0.39, 0.29) is 6.04 Å². The van der Waals surface area contributed by atoms with Crippen LogP contribution in [0.2, 0.25) is 0 Å². The lowest BCUT2D eigenvalue weighted by molar-refractivity contribution is 0.394. The number of aryl methyl sites for hydroxylation is 1. The maximum Gasteiger partial charge on any atom is 0.214 e. The fourth-order valence-corrected chi connectivity index (χ4v) is 3.88. The van der Waals surface area contributed by atoms with Gasteiger partial charge in [-0.2, -0.15) is 0 Å². The summed E-state index contributed by atoms with van der Waals surface area (Å²) in [5.74, 6) is 3.67. The number of anilines is 1. The fourth-order valence-electron chi connectivity index (χ4n) is 3.88. The summed E-state index contributed by atoms with van der Waals surface area (Å²) in [7, 11) is 5.10. The lowest BCUT2D eigenvalue weighted by Crippen LogP contribution is -2.44. The van der Waals surface area contributed by atoms with E-state index in [2.05, 4.69) is 44.6 Å². The van der Waals surface area contributed by atoms with E-state index in [0.29, 0.717) is 12.4 Å². The van der Waals surface area contributed by atoms with Gasteiger partial charge in [-0.25, -0.2) is 4.98 Å². The van der Waals surface area contributed by atoms with Crippen molar-refractivity contribution in [3.05, 3.63) is 60.1 Å². The van der Waals surface area contributed by atoms with Crippen molar-refractivity contribution in [2.45, 2.75) is 25.9 Å². The van der Waals surface area contributed by atoms with Gasteiger partial charge in [0.2, 0.25) is 5.89 Å². The molecule has 2 heterocycles. The van der Waals surface area contributed by atoms with Crippen LogP contribution in [0.3, 0.4) is 0 Å². The number of methoxy groups -OCH3 is 2. The van der Waals surface area contributed by atoms with Crippen molar-refractivity contribution in [1.29, 1.82) is 0 Å². The monoisotopic (exact) mass is 449 g/mol. The average Bonchev–Trinajstić information content (AvgIpc) is 3.51. The number of nitrogens with one attached hydrogen (secondary N) is 2. The zero-order valence-electron chi connectivity index (χ0n) is 19.6. The summed E-state index contributed by atoms with van der Waals surface area (Å²) in [5.41, 5.74) is 3.31. The highest BCUT2D eigenvalue weighted by atomic mass is 16.5. The maximum atomic E-state index is 5.90. The summed E-state index contributed by atoms with van der Waals surface area (Å²) < 4.78 is 16.7. The summed E-state index contributed by atoms with van der Waals surface area (Å²) in [5, 5.41) is 6.80. The Labute approximate surface area is 194 Å². The van der Waals surface area contributed by atoms with Crippen molar-refractivity contribution in [2.24, 2.45) is 4.99 Å². The number of nitrogens with zero attached hydrogens (tertiary/aromatic N) is 3. The van der Waals surface area contributed by atoms with Gasteiger partial charge in [0, 0.05) is 55.6 Å². The number of hydrogen-bond donors (Lipinski definition) is 2. The summed E-state index contributed by atoms with van der Waals surface area (Å²) in [6.45, 7) is 4.31. The first-order chi connectivity index (χ1) is 16.1. The van der Waals surface area contributed by atoms with Crippen LogP contribution >= 0.6 is 0 Å². The molecule has 0 saturated carbocycles. The Morgan fingerprint density at radius 1 is 1.15 bits per heavy atom. The average molecular weight is 450 g/mol. The summed E-state index contributed by atoms with van der Waals surface area (Å²) >= 11 is 0. The van der Waals surface area contributed by atoms with Crippen molar-refractivity contribution in [3.63, 3.8) is 0 Å². The smallest absolute Gasteiger partial charge is 0.214 e. The van der Waals surface area contributed by atoms with E-state index in [0.717, 1.165) is 54.0 Å². The Balaban J connectivity index is 1.32. The molecular formula is C25H31N5O3. The molecular weight excluding hydrogens is 418 g/mol. The highest BCUT2D eigenvalue weighted by Crippen LogP contribution is 2.30. The van der Waals surface area contributed by atoms with Gasteiger partial charge >= 0.3 is 0 Å². The van der Waals surface area contributed by atoms with Crippen LogP contribution in [0.25, 0.3) is 11.3 Å².